The van der Waals surface area contributed by atoms with Crippen molar-refractivity contribution in [2.24, 2.45) is 4.99 Å². The largest absolute Gasteiger partial charge is 0.355 e. The zero-order valence-electron chi connectivity index (χ0n) is 32.5. The number of benzene rings is 7. The van der Waals surface area contributed by atoms with Crippen LogP contribution in [0.5, 0.6) is 0 Å². The summed E-state index contributed by atoms with van der Waals surface area (Å²) in [4.78, 5) is 5.34. The summed E-state index contributed by atoms with van der Waals surface area (Å²) in [7, 11) is 0. The average Bonchev–Trinajstić information content (AvgIpc) is 3.59. The molecule has 0 spiro atoms. The predicted octanol–water partition coefficient (Wildman–Crippen LogP) is 11.7. The maximum atomic E-state index is 5.34. The molecular weight excluding hydrogens is 705 g/mol. The summed E-state index contributed by atoms with van der Waals surface area (Å²) in [6.07, 6.45) is 6.01. The van der Waals surface area contributed by atoms with Crippen molar-refractivity contribution in [1.82, 2.24) is 10.6 Å². The highest BCUT2D eigenvalue weighted by Gasteiger charge is 2.46. The van der Waals surface area contributed by atoms with E-state index in [2.05, 4.69) is 223 Å². The Morgan fingerprint density at radius 3 is 1.78 bits per heavy atom. The molecule has 4 nitrogen and oxygen atoms in total. The molecular formula is C54H42N4. The minimum Gasteiger partial charge on any atom is -0.355 e. The first-order chi connectivity index (χ1) is 28.4. The fourth-order valence-electron chi connectivity index (χ4n) is 9.19. The highest BCUT2D eigenvalue weighted by Crippen LogP contribution is 2.56. The smallest absolute Gasteiger partial charge is 0.137 e. The van der Waals surface area contributed by atoms with E-state index >= 15 is 0 Å². The lowest BCUT2D eigenvalue weighted by molar-refractivity contribution is 0.204. The normalized spacial score (nSPS) is 19.7. The van der Waals surface area contributed by atoms with Crippen molar-refractivity contribution in [1.29, 1.82) is 0 Å². The summed E-state index contributed by atoms with van der Waals surface area (Å²) in [5.41, 5.74) is 19.5. The molecule has 3 aliphatic rings. The summed E-state index contributed by atoms with van der Waals surface area (Å²) >= 11 is 0. The van der Waals surface area contributed by atoms with Gasteiger partial charge < -0.3 is 10.6 Å². The SMILES string of the molecule is CC1(c2ccc(Nc3cc(C4(c5ccccc5)c5ccccc5-c5ccccc54)ccc3C3=C=C=CC=C3)cc2)N=C(c2ccccc2)NC(C)(c2ccccc2)N1. The van der Waals surface area contributed by atoms with Gasteiger partial charge >= 0.3 is 0 Å². The highest BCUT2D eigenvalue weighted by molar-refractivity contribution is 6.00. The molecule has 7 aromatic carbocycles. The number of nitrogens with zero attached hydrogens (tertiary/aromatic N) is 1. The molecule has 4 heteroatoms. The Morgan fingerprint density at radius 1 is 0.552 bits per heavy atom. The molecule has 0 aromatic heterocycles. The van der Waals surface area contributed by atoms with Crippen LogP contribution in [0.4, 0.5) is 11.4 Å². The third-order valence-corrected chi connectivity index (χ3v) is 11.9. The minimum atomic E-state index is -0.731. The number of fused-ring (bicyclic) bond motifs is 3. The number of nitrogens with one attached hydrogen (secondary N) is 3. The molecule has 0 fully saturated rings. The Bertz CT molecular complexity index is 2800. The van der Waals surface area contributed by atoms with E-state index in [-0.39, 0.29) is 0 Å². The fourth-order valence-corrected chi connectivity index (χ4v) is 9.19. The van der Waals surface area contributed by atoms with E-state index in [0.29, 0.717) is 0 Å². The third-order valence-electron chi connectivity index (χ3n) is 11.9. The van der Waals surface area contributed by atoms with Crippen LogP contribution in [0.1, 0.15) is 58.4 Å². The van der Waals surface area contributed by atoms with E-state index in [4.69, 9.17) is 4.99 Å². The molecule has 0 saturated heterocycles. The second-order valence-electron chi connectivity index (χ2n) is 15.5. The predicted molar refractivity (Wildman–Crippen MR) is 238 cm³/mol. The van der Waals surface area contributed by atoms with Crippen LogP contribution in [0.2, 0.25) is 0 Å². The standard InChI is InChI=1S/C54H42N4/c1-52(40-23-11-5-12-24-40)56-51(39-21-9-4-10-22-39)57-53(2,58-52)41-31-34-44(35-32-41)55-50-37-43(33-36-45(50)38-19-7-3-8-20-38)54(42-25-13-6-14-26-42)48-29-17-15-27-46(48)47-28-16-18-30-49(47)54/h3-7,9-19,21-37,55,58H,1-2H3,(H,56,57). The van der Waals surface area contributed by atoms with Crippen LogP contribution in [0, 0.1) is 0 Å². The number of rotatable bonds is 8. The number of allylic oxidation sites excluding steroid dienone is 4. The monoisotopic (exact) mass is 746 g/mol. The van der Waals surface area contributed by atoms with Gasteiger partial charge in [0.05, 0.1) is 5.41 Å². The quantitative estimate of drug-likeness (QED) is 0.136. The Balaban J connectivity index is 1.08. The molecule has 0 bridgehead atoms. The number of hydrogen-bond acceptors (Lipinski definition) is 4. The number of anilines is 2. The first-order valence-corrected chi connectivity index (χ1v) is 19.9. The molecule has 10 rings (SSSR count). The van der Waals surface area contributed by atoms with Crippen molar-refractivity contribution < 1.29 is 0 Å². The first-order valence-electron chi connectivity index (χ1n) is 19.9. The van der Waals surface area contributed by atoms with Crippen LogP contribution in [0.3, 0.4) is 0 Å². The zero-order chi connectivity index (χ0) is 39.2. The maximum Gasteiger partial charge on any atom is 0.137 e. The van der Waals surface area contributed by atoms with Gasteiger partial charge in [-0.25, -0.2) is 4.99 Å². The Labute approximate surface area is 340 Å². The van der Waals surface area contributed by atoms with Crippen molar-refractivity contribution in [2.45, 2.75) is 30.6 Å². The molecule has 278 valence electrons. The third kappa shape index (κ3) is 5.87. The highest BCUT2D eigenvalue weighted by atomic mass is 15.3. The van der Waals surface area contributed by atoms with Crippen LogP contribution >= 0.6 is 0 Å². The zero-order valence-corrected chi connectivity index (χ0v) is 32.5. The van der Waals surface area contributed by atoms with Gasteiger partial charge in [-0.15, -0.1) is 0 Å². The van der Waals surface area contributed by atoms with Crippen molar-refractivity contribution in [3.63, 3.8) is 0 Å². The van der Waals surface area contributed by atoms with Crippen molar-refractivity contribution in [2.75, 3.05) is 5.32 Å². The molecule has 1 aliphatic heterocycles. The second kappa shape index (κ2) is 14.1. The van der Waals surface area contributed by atoms with Gasteiger partial charge in [0.15, 0.2) is 0 Å². The van der Waals surface area contributed by atoms with Gasteiger partial charge in [-0.3, -0.25) is 5.32 Å². The van der Waals surface area contributed by atoms with Gasteiger partial charge in [-0.2, -0.15) is 0 Å². The van der Waals surface area contributed by atoms with Crippen LogP contribution < -0.4 is 16.0 Å². The molecule has 3 N–H and O–H groups in total. The number of amidine groups is 1. The van der Waals surface area contributed by atoms with Gasteiger partial charge in [0.2, 0.25) is 0 Å². The summed E-state index contributed by atoms with van der Waals surface area (Å²) in [5, 5.41) is 11.5. The molecule has 0 saturated carbocycles. The van der Waals surface area contributed by atoms with Crippen LogP contribution in [0.25, 0.3) is 16.7 Å². The lowest BCUT2D eigenvalue weighted by atomic mass is 9.67. The lowest BCUT2D eigenvalue weighted by Crippen LogP contribution is -2.64. The molecule has 2 unspecified atom stereocenters. The Hall–Kier alpha value is -7.19. The average molecular weight is 747 g/mol. The van der Waals surface area contributed by atoms with Crippen molar-refractivity contribution in [3.05, 3.63) is 256 Å². The van der Waals surface area contributed by atoms with E-state index < -0.39 is 16.7 Å². The second-order valence-corrected chi connectivity index (χ2v) is 15.5. The molecule has 2 aliphatic carbocycles. The van der Waals surface area contributed by atoms with Gasteiger partial charge in [0.1, 0.15) is 17.2 Å². The summed E-state index contributed by atoms with van der Waals surface area (Å²) in [5.74, 6) is 0.843. The topological polar surface area (TPSA) is 48.5 Å². The van der Waals surface area contributed by atoms with Gasteiger partial charge in [0.25, 0.3) is 0 Å². The fraction of sp³-hybridized carbons (Fsp3) is 0.0926. The molecule has 0 radical (unpaired) electrons. The summed E-state index contributed by atoms with van der Waals surface area (Å²) < 4.78 is 0. The van der Waals surface area contributed by atoms with Gasteiger partial charge in [0, 0.05) is 28.1 Å². The number of aliphatic imine (C=N–C) groups is 1. The first kappa shape index (κ1) is 35.2. The van der Waals surface area contributed by atoms with Crippen LogP contribution in [-0.2, 0) is 16.7 Å². The number of hydrogen-bond donors (Lipinski definition) is 3. The van der Waals surface area contributed by atoms with E-state index in [9.17, 15) is 0 Å². The molecule has 58 heavy (non-hydrogen) atoms. The van der Waals surface area contributed by atoms with E-state index in [0.717, 1.165) is 45.0 Å². The van der Waals surface area contributed by atoms with Gasteiger partial charge in [-0.1, -0.05) is 181 Å². The Morgan fingerprint density at radius 2 is 1.14 bits per heavy atom. The molecule has 2 atom stereocenters. The van der Waals surface area contributed by atoms with Gasteiger partial charge in [-0.05, 0) is 88.7 Å². The maximum absolute atomic E-state index is 5.34. The molecule has 1 heterocycles. The Kier molecular flexibility index (Phi) is 8.55. The lowest BCUT2D eigenvalue weighted by Gasteiger charge is -2.45. The van der Waals surface area contributed by atoms with Crippen molar-refractivity contribution in [3.8, 4) is 11.1 Å². The van der Waals surface area contributed by atoms with E-state index in [1.807, 2.05) is 18.2 Å². The van der Waals surface area contributed by atoms with Crippen LogP contribution in [0.15, 0.2) is 217 Å². The van der Waals surface area contributed by atoms with Crippen molar-refractivity contribution >= 4 is 22.8 Å². The molecule has 0 amide bonds. The van der Waals surface area contributed by atoms with E-state index in [1.54, 1.807) is 0 Å². The summed E-state index contributed by atoms with van der Waals surface area (Å²) in [6.45, 7) is 4.34. The van der Waals surface area contributed by atoms with Crippen LogP contribution in [-0.4, -0.2) is 5.84 Å². The van der Waals surface area contributed by atoms with E-state index in [1.165, 1.54) is 33.4 Å². The summed E-state index contributed by atoms with van der Waals surface area (Å²) in [6, 6.07) is 65.1. The molecule has 7 aromatic rings. The minimum absolute atomic E-state index is 0.519.